The van der Waals surface area contributed by atoms with Crippen molar-refractivity contribution < 1.29 is 17.5 Å². The molecule has 0 radical (unpaired) electrons. The number of methoxy groups -OCH3 is 1. The number of nitrogens with zero attached hydrogens (tertiary/aromatic N) is 1. The summed E-state index contributed by atoms with van der Waals surface area (Å²) in [6.07, 6.45) is 0. The molecule has 148 valence electrons. The summed E-state index contributed by atoms with van der Waals surface area (Å²) in [5.74, 6) is -0.0264. The molecular weight excluding hydrogens is 391 g/mol. The lowest BCUT2D eigenvalue weighted by Gasteiger charge is -2.36. The van der Waals surface area contributed by atoms with Crippen LogP contribution in [0.4, 0.5) is 4.39 Å². The van der Waals surface area contributed by atoms with E-state index in [1.165, 1.54) is 23.5 Å². The van der Waals surface area contributed by atoms with Gasteiger partial charge in [0.2, 0.25) is 10.0 Å². The Morgan fingerprint density at radius 2 is 1.96 bits per heavy atom. The van der Waals surface area contributed by atoms with Crippen LogP contribution in [-0.4, -0.2) is 39.5 Å². The standard InChI is InChI=1S/C19H23FN2O3S.ClH/c1-13-9-14(2)19(25-3)18(10-13)26(23,24)22-8-7-21-12-17(22)15-5-4-6-16(20)11-15;/h4-6,9-11,17,21H,7-8,12H2,1-3H3;1H. The van der Waals surface area contributed by atoms with E-state index in [0.29, 0.717) is 30.9 Å². The van der Waals surface area contributed by atoms with Crippen molar-refractivity contribution in [1.29, 1.82) is 0 Å². The lowest BCUT2D eigenvalue weighted by Crippen LogP contribution is -2.48. The summed E-state index contributed by atoms with van der Waals surface area (Å²) in [6.45, 7) is 4.95. The van der Waals surface area contributed by atoms with Gasteiger partial charge < -0.3 is 10.1 Å². The van der Waals surface area contributed by atoms with Crippen molar-refractivity contribution >= 4 is 22.4 Å². The molecule has 1 aliphatic rings. The maximum Gasteiger partial charge on any atom is 0.247 e. The topological polar surface area (TPSA) is 58.6 Å². The molecule has 1 unspecified atom stereocenters. The lowest BCUT2D eigenvalue weighted by molar-refractivity contribution is 0.269. The quantitative estimate of drug-likeness (QED) is 0.834. The number of rotatable bonds is 4. The van der Waals surface area contributed by atoms with E-state index in [9.17, 15) is 12.8 Å². The van der Waals surface area contributed by atoms with Crippen LogP contribution >= 0.6 is 12.4 Å². The van der Waals surface area contributed by atoms with Crippen molar-refractivity contribution in [3.8, 4) is 5.75 Å². The monoisotopic (exact) mass is 414 g/mol. The SMILES string of the molecule is COc1c(C)cc(C)cc1S(=O)(=O)N1CCNCC1c1cccc(F)c1.Cl. The van der Waals surface area contributed by atoms with Gasteiger partial charge in [-0.05, 0) is 48.7 Å². The largest absolute Gasteiger partial charge is 0.495 e. The molecule has 2 aromatic rings. The molecule has 0 saturated carbocycles. The Kier molecular flexibility index (Phi) is 6.86. The smallest absolute Gasteiger partial charge is 0.247 e. The van der Waals surface area contributed by atoms with Crippen LogP contribution in [0.1, 0.15) is 22.7 Å². The first-order valence-corrected chi connectivity index (χ1v) is 9.92. The number of sulfonamides is 1. The Labute approximate surface area is 166 Å². The van der Waals surface area contributed by atoms with Crippen molar-refractivity contribution in [3.05, 3.63) is 58.9 Å². The summed E-state index contributed by atoms with van der Waals surface area (Å²) >= 11 is 0. The van der Waals surface area contributed by atoms with Gasteiger partial charge in [0.05, 0.1) is 13.2 Å². The Hall–Kier alpha value is -1.67. The van der Waals surface area contributed by atoms with E-state index in [2.05, 4.69) is 5.32 Å². The first kappa shape index (κ1) is 21.6. The van der Waals surface area contributed by atoms with E-state index in [1.54, 1.807) is 18.2 Å². The zero-order valence-corrected chi connectivity index (χ0v) is 17.2. The highest BCUT2D eigenvalue weighted by Crippen LogP contribution is 2.35. The van der Waals surface area contributed by atoms with E-state index < -0.39 is 16.1 Å². The van der Waals surface area contributed by atoms with Crippen LogP contribution in [0.2, 0.25) is 0 Å². The molecule has 1 aliphatic heterocycles. The average molecular weight is 415 g/mol. The van der Waals surface area contributed by atoms with Gasteiger partial charge >= 0.3 is 0 Å². The number of benzene rings is 2. The highest BCUT2D eigenvalue weighted by molar-refractivity contribution is 7.89. The van der Waals surface area contributed by atoms with Gasteiger partial charge in [-0.3, -0.25) is 0 Å². The molecule has 5 nitrogen and oxygen atoms in total. The molecule has 0 aliphatic carbocycles. The number of hydrogen-bond acceptors (Lipinski definition) is 4. The average Bonchev–Trinajstić information content (AvgIpc) is 2.61. The Balaban J connectivity index is 0.00000261. The van der Waals surface area contributed by atoms with Crippen molar-refractivity contribution in [2.45, 2.75) is 24.8 Å². The molecule has 1 saturated heterocycles. The van der Waals surface area contributed by atoms with E-state index in [0.717, 1.165) is 11.1 Å². The summed E-state index contributed by atoms with van der Waals surface area (Å²) in [6, 6.07) is 9.13. The van der Waals surface area contributed by atoms with Crippen molar-refractivity contribution in [2.75, 3.05) is 26.7 Å². The van der Waals surface area contributed by atoms with Crippen molar-refractivity contribution in [1.82, 2.24) is 9.62 Å². The fraction of sp³-hybridized carbons (Fsp3) is 0.368. The molecule has 0 bridgehead atoms. The van der Waals surface area contributed by atoms with Gasteiger partial charge in [-0.25, -0.2) is 12.8 Å². The van der Waals surface area contributed by atoms with Crippen LogP contribution in [0, 0.1) is 19.7 Å². The number of halogens is 2. The molecular formula is C19H24ClFN2O3S. The van der Waals surface area contributed by atoms with E-state index in [1.807, 2.05) is 19.9 Å². The highest BCUT2D eigenvalue weighted by atomic mass is 35.5. The van der Waals surface area contributed by atoms with E-state index in [4.69, 9.17) is 4.74 Å². The van der Waals surface area contributed by atoms with E-state index in [-0.39, 0.29) is 23.1 Å². The van der Waals surface area contributed by atoms with Crippen molar-refractivity contribution in [3.63, 3.8) is 0 Å². The molecule has 0 spiro atoms. The fourth-order valence-corrected chi connectivity index (χ4v) is 5.40. The molecule has 0 aromatic heterocycles. The van der Waals surface area contributed by atoms with Crippen molar-refractivity contribution in [2.24, 2.45) is 0 Å². The summed E-state index contributed by atoms with van der Waals surface area (Å²) in [7, 11) is -2.34. The fourth-order valence-electron chi connectivity index (χ4n) is 3.47. The molecule has 8 heteroatoms. The molecule has 1 fully saturated rings. The van der Waals surface area contributed by atoms with Crippen LogP contribution in [0.3, 0.4) is 0 Å². The maximum atomic E-state index is 13.7. The Morgan fingerprint density at radius 1 is 1.22 bits per heavy atom. The third kappa shape index (κ3) is 4.27. The summed E-state index contributed by atoms with van der Waals surface area (Å²) in [5, 5.41) is 3.20. The molecule has 1 heterocycles. The summed E-state index contributed by atoms with van der Waals surface area (Å²) < 4.78 is 47.4. The van der Waals surface area contributed by atoms with Gasteiger partial charge in [0.25, 0.3) is 0 Å². The second kappa shape index (κ2) is 8.56. The molecule has 0 amide bonds. The molecule has 1 N–H and O–H groups in total. The number of hydrogen-bond donors (Lipinski definition) is 1. The Bertz CT molecular complexity index is 921. The summed E-state index contributed by atoms with van der Waals surface area (Å²) in [4.78, 5) is 0.154. The van der Waals surface area contributed by atoms with Gasteiger partial charge in [-0.15, -0.1) is 12.4 Å². The molecule has 3 rings (SSSR count). The van der Waals surface area contributed by atoms with Gasteiger partial charge in [0.1, 0.15) is 16.5 Å². The normalized spacial score (nSPS) is 18.0. The summed E-state index contributed by atoms with van der Waals surface area (Å²) in [5.41, 5.74) is 2.24. The lowest BCUT2D eigenvalue weighted by atomic mass is 10.1. The van der Waals surface area contributed by atoms with Gasteiger partial charge in [0, 0.05) is 19.6 Å². The number of piperazine rings is 1. The first-order chi connectivity index (χ1) is 12.3. The van der Waals surface area contributed by atoms with Crippen LogP contribution < -0.4 is 10.1 Å². The predicted molar refractivity (Wildman–Crippen MR) is 106 cm³/mol. The zero-order valence-electron chi connectivity index (χ0n) is 15.5. The minimum absolute atomic E-state index is 0. The van der Waals surface area contributed by atoms with Gasteiger partial charge in [-0.2, -0.15) is 4.31 Å². The molecule has 2 aromatic carbocycles. The predicted octanol–water partition coefficient (Wildman–Crippen LogP) is 3.21. The second-order valence-corrected chi connectivity index (χ2v) is 8.36. The molecule has 1 atom stereocenters. The van der Waals surface area contributed by atoms with Crippen LogP contribution in [0.15, 0.2) is 41.3 Å². The zero-order chi connectivity index (χ0) is 18.9. The van der Waals surface area contributed by atoms with Crippen LogP contribution in [0.5, 0.6) is 5.75 Å². The first-order valence-electron chi connectivity index (χ1n) is 8.48. The minimum Gasteiger partial charge on any atom is -0.495 e. The number of nitrogens with one attached hydrogen (secondary N) is 1. The minimum atomic E-state index is -3.81. The third-order valence-electron chi connectivity index (χ3n) is 4.60. The Morgan fingerprint density at radius 3 is 2.63 bits per heavy atom. The highest BCUT2D eigenvalue weighted by Gasteiger charge is 2.36. The number of ether oxygens (including phenoxy) is 1. The second-order valence-electron chi connectivity index (χ2n) is 6.50. The van der Waals surface area contributed by atoms with Gasteiger partial charge in [0.15, 0.2) is 0 Å². The van der Waals surface area contributed by atoms with E-state index >= 15 is 0 Å². The third-order valence-corrected chi connectivity index (χ3v) is 6.52. The van der Waals surface area contributed by atoms with Gasteiger partial charge in [-0.1, -0.05) is 18.2 Å². The maximum absolute atomic E-state index is 13.7. The number of aryl methyl sites for hydroxylation is 2. The van der Waals surface area contributed by atoms with Crippen LogP contribution in [-0.2, 0) is 10.0 Å². The molecule has 27 heavy (non-hydrogen) atoms. The van der Waals surface area contributed by atoms with Crippen LogP contribution in [0.25, 0.3) is 0 Å².